The normalized spacial score (nSPS) is 10.9. The van der Waals surface area contributed by atoms with Crippen molar-refractivity contribution in [1.82, 2.24) is 9.78 Å². The molecule has 0 bridgehead atoms. The molecule has 2 rings (SSSR count). The van der Waals surface area contributed by atoms with Crippen LogP contribution in [-0.2, 0) is 11.3 Å². The number of aryl methyl sites for hydroxylation is 1. The van der Waals surface area contributed by atoms with Gasteiger partial charge in [-0.15, -0.1) is 0 Å². The first kappa shape index (κ1) is 15.8. The number of ketones is 1. The van der Waals surface area contributed by atoms with Gasteiger partial charge in [-0.05, 0) is 34.5 Å². The van der Waals surface area contributed by atoms with Gasteiger partial charge in [0.05, 0.1) is 29.4 Å². The van der Waals surface area contributed by atoms with Crippen molar-refractivity contribution < 1.29 is 18.3 Å². The van der Waals surface area contributed by atoms with Crippen molar-refractivity contribution in [2.45, 2.75) is 13.5 Å². The van der Waals surface area contributed by atoms with Crippen LogP contribution in [0.15, 0.2) is 22.8 Å². The van der Waals surface area contributed by atoms with Crippen molar-refractivity contribution in [2.24, 2.45) is 0 Å². The number of halogens is 3. The minimum atomic E-state index is -0.894. The Morgan fingerprint density at radius 1 is 1.43 bits per heavy atom. The number of carbonyl (C=O) groups is 1. The van der Waals surface area contributed by atoms with E-state index in [1.807, 2.05) is 0 Å². The molecule has 0 aliphatic rings. The molecule has 1 heterocycles. The van der Waals surface area contributed by atoms with Crippen LogP contribution in [0.3, 0.4) is 0 Å². The summed E-state index contributed by atoms with van der Waals surface area (Å²) in [6, 6.07) is 2.37. The number of benzene rings is 1. The molecule has 0 N–H and O–H groups in total. The average molecular weight is 359 g/mol. The molecule has 0 radical (unpaired) electrons. The van der Waals surface area contributed by atoms with Gasteiger partial charge in [0, 0.05) is 7.11 Å². The lowest BCUT2D eigenvalue weighted by Gasteiger charge is -2.09. The summed E-state index contributed by atoms with van der Waals surface area (Å²) in [5.74, 6) is -2.50. The number of nitrogens with zero attached hydrogens (tertiary/aromatic N) is 2. The molecule has 0 aliphatic carbocycles. The third-order valence-corrected chi connectivity index (χ3v) is 3.61. The highest BCUT2D eigenvalue weighted by Gasteiger charge is 2.25. The van der Waals surface area contributed by atoms with Gasteiger partial charge in [0.15, 0.2) is 0 Å². The first-order chi connectivity index (χ1) is 9.97. The number of hydrogen-bond acceptors (Lipinski definition) is 3. The molecule has 0 aliphatic heterocycles. The molecule has 1 aromatic heterocycles. The molecule has 112 valence electrons. The molecular weight excluding hydrogens is 346 g/mol. The molecule has 0 amide bonds. The van der Waals surface area contributed by atoms with Gasteiger partial charge < -0.3 is 4.74 Å². The van der Waals surface area contributed by atoms with Crippen molar-refractivity contribution in [3.63, 3.8) is 0 Å². The maximum Gasteiger partial charge on any atom is 0.218 e. The van der Waals surface area contributed by atoms with Crippen LogP contribution in [-0.4, -0.2) is 29.3 Å². The fraction of sp³-hybridized carbons (Fsp3) is 0.286. The Bertz CT molecular complexity index is 686. The van der Waals surface area contributed by atoms with E-state index >= 15 is 0 Å². The fourth-order valence-electron chi connectivity index (χ4n) is 1.92. The fourth-order valence-corrected chi connectivity index (χ4v) is 2.40. The Morgan fingerprint density at radius 3 is 2.81 bits per heavy atom. The number of methoxy groups -OCH3 is 1. The van der Waals surface area contributed by atoms with Gasteiger partial charge in [-0.1, -0.05) is 6.07 Å². The van der Waals surface area contributed by atoms with E-state index in [1.165, 1.54) is 31.0 Å². The average Bonchev–Trinajstić information content (AvgIpc) is 2.82. The topological polar surface area (TPSA) is 44.1 Å². The Hall–Kier alpha value is -1.60. The first-order valence-electron chi connectivity index (χ1n) is 6.17. The molecule has 0 spiro atoms. The van der Waals surface area contributed by atoms with Gasteiger partial charge in [-0.2, -0.15) is 5.10 Å². The number of rotatable bonds is 5. The molecule has 2 aromatic rings. The van der Waals surface area contributed by atoms with Crippen LogP contribution in [0.2, 0.25) is 0 Å². The van der Waals surface area contributed by atoms with Crippen LogP contribution in [0.4, 0.5) is 8.78 Å². The van der Waals surface area contributed by atoms with Crippen LogP contribution in [0, 0.1) is 18.6 Å². The summed E-state index contributed by atoms with van der Waals surface area (Å²) in [6.45, 7) is 2.11. The Labute approximate surface area is 128 Å². The molecule has 4 nitrogen and oxygen atoms in total. The molecule has 0 fully saturated rings. The third kappa shape index (κ3) is 3.03. The van der Waals surface area contributed by atoms with Crippen LogP contribution >= 0.6 is 15.9 Å². The third-order valence-electron chi connectivity index (χ3n) is 3.03. The largest absolute Gasteiger partial charge is 0.383 e. The van der Waals surface area contributed by atoms with Gasteiger partial charge in [0.25, 0.3) is 0 Å². The highest BCUT2D eigenvalue weighted by atomic mass is 79.9. The lowest BCUT2D eigenvalue weighted by Crippen LogP contribution is -2.17. The van der Waals surface area contributed by atoms with Crippen LogP contribution in [0.25, 0.3) is 0 Å². The van der Waals surface area contributed by atoms with E-state index in [0.717, 1.165) is 6.07 Å². The summed E-state index contributed by atoms with van der Waals surface area (Å²) >= 11 is 3.18. The molecule has 0 saturated heterocycles. The molecule has 0 atom stereocenters. The van der Waals surface area contributed by atoms with Crippen LogP contribution < -0.4 is 0 Å². The molecule has 7 heteroatoms. The summed E-state index contributed by atoms with van der Waals surface area (Å²) in [5.41, 5.74) is -0.274. The van der Waals surface area contributed by atoms with Gasteiger partial charge >= 0.3 is 0 Å². The smallest absolute Gasteiger partial charge is 0.218 e. The Balaban J connectivity index is 2.51. The number of hydrogen-bond donors (Lipinski definition) is 0. The molecule has 0 saturated carbocycles. The van der Waals surface area contributed by atoms with E-state index in [9.17, 15) is 13.6 Å². The van der Waals surface area contributed by atoms with Gasteiger partial charge in [-0.3, -0.25) is 9.48 Å². The highest BCUT2D eigenvalue weighted by molar-refractivity contribution is 9.10. The second-order valence-electron chi connectivity index (χ2n) is 4.44. The van der Waals surface area contributed by atoms with Crippen LogP contribution in [0.1, 0.15) is 21.6 Å². The van der Waals surface area contributed by atoms with E-state index in [1.54, 1.807) is 0 Å². The highest BCUT2D eigenvalue weighted by Crippen LogP contribution is 2.24. The predicted octanol–water partition coefficient (Wildman–Crippen LogP) is 3.11. The summed E-state index contributed by atoms with van der Waals surface area (Å²) in [4.78, 5) is 12.5. The molecule has 0 unspecified atom stereocenters. The van der Waals surface area contributed by atoms with E-state index in [0.29, 0.717) is 17.6 Å². The zero-order valence-electron chi connectivity index (χ0n) is 11.5. The summed E-state index contributed by atoms with van der Waals surface area (Å²) in [7, 11) is 1.51. The SMILES string of the molecule is COCCn1ncc(Br)c1C(=O)c1c(F)ccc(C)c1F. The first-order valence-corrected chi connectivity index (χ1v) is 6.96. The second kappa shape index (κ2) is 6.44. The van der Waals surface area contributed by atoms with Gasteiger partial charge in [-0.25, -0.2) is 8.78 Å². The number of ether oxygens (including phenoxy) is 1. The quantitative estimate of drug-likeness (QED) is 0.771. The predicted molar refractivity (Wildman–Crippen MR) is 76.3 cm³/mol. The maximum absolute atomic E-state index is 14.1. The van der Waals surface area contributed by atoms with Crippen molar-refractivity contribution in [1.29, 1.82) is 0 Å². The molecule has 21 heavy (non-hydrogen) atoms. The standard InChI is InChI=1S/C14H13BrF2N2O2/c1-8-3-4-10(16)11(12(8)17)14(20)13-9(15)7-18-19(13)5-6-21-2/h3-4,7H,5-6H2,1-2H3. The van der Waals surface area contributed by atoms with E-state index < -0.39 is 23.0 Å². The van der Waals surface area contributed by atoms with Gasteiger partial charge in [0.1, 0.15) is 17.3 Å². The van der Waals surface area contributed by atoms with E-state index in [2.05, 4.69) is 21.0 Å². The Morgan fingerprint density at radius 2 is 2.14 bits per heavy atom. The zero-order chi connectivity index (χ0) is 15.6. The molecular formula is C14H13BrF2N2O2. The second-order valence-corrected chi connectivity index (χ2v) is 5.29. The minimum absolute atomic E-state index is 0.0930. The van der Waals surface area contributed by atoms with Crippen LogP contribution in [0.5, 0.6) is 0 Å². The monoisotopic (exact) mass is 358 g/mol. The number of carbonyl (C=O) groups excluding carboxylic acids is 1. The Kier molecular flexibility index (Phi) is 4.84. The molecule has 1 aromatic carbocycles. The number of aromatic nitrogens is 2. The van der Waals surface area contributed by atoms with Crippen molar-refractivity contribution in [2.75, 3.05) is 13.7 Å². The van der Waals surface area contributed by atoms with Gasteiger partial charge in [0.2, 0.25) is 5.78 Å². The van der Waals surface area contributed by atoms with E-state index in [-0.39, 0.29) is 11.3 Å². The van der Waals surface area contributed by atoms with E-state index in [4.69, 9.17) is 4.74 Å². The zero-order valence-corrected chi connectivity index (χ0v) is 13.1. The van der Waals surface area contributed by atoms with Crippen molar-refractivity contribution in [3.05, 3.63) is 51.3 Å². The maximum atomic E-state index is 14.1. The lowest BCUT2D eigenvalue weighted by atomic mass is 10.0. The minimum Gasteiger partial charge on any atom is -0.383 e. The lowest BCUT2D eigenvalue weighted by molar-refractivity contribution is 0.101. The summed E-state index contributed by atoms with van der Waals surface area (Å²) in [6.07, 6.45) is 1.41. The summed E-state index contributed by atoms with van der Waals surface area (Å²) < 4.78 is 34.6. The van der Waals surface area contributed by atoms with Crippen molar-refractivity contribution in [3.8, 4) is 0 Å². The van der Waals surface area contributed by atoms with Crippen molar-refractivity contribution >= 4 is 21.7 Å². The summed E-state index contributed by atoms with van der Waals surface area (Å²) in [5, 5.41) is 4.01.